The first kappa shape index (κ1) is 22.5. The van der Waals surface area contributed by atoms with Crippen molar-refractivity contribution in [3.63, 3.8) is 0 Å². The fourth-order valence-corrected chi connectivity index (χ4v) is 4.18. The third-order valence-corrected chi connectivity index (χ3v) is 5.83. The molecule has 0 saturated heterocycles. The number of para-hydroxylation sites is 1. The van der Waals surface area contributed by atoms with Gasteiger partial charge in [0.2, 0.25) is 0 Å². The van der Waals surface area contributed by atoms with Gasteiger partial charge in [-0.1, -0.05) is 18.2 Å². The molecule has 0 unspecified atom stereocenters. The first-order chi connectivity index (χ1) is 13.8. The molecule has 1 aromatic rings. The van der Waals surface area contributed by atoms with Crippen LogP contribution in [0.5, 0.6) is 0 Å². The molecule has 30 heavy (non-hydrogen) atoms. The Hall–Kier alpha value is -2.23. The van der Waals surface area contributed by atoms with Crippen LogP contribution in [0.4, 0.5) is 23.7 Å². The third-order valence-electron chi connectivity index (χ3n) is 4.84. The molecule has 3 rings (SSSR count). The molecule has 1 heterocycles. The van der Waals surface area contributed by atoms with Gasteiger partial charge in [-0.3, -0.25) is 4.90 Å². The summed E-state index contributed by atoms with van der Waals surface area (Å²) in [5.41, 5.74) is -3.97. The molecule has 0 atom stereocenters. The Kier molecular flexibility index (Phi) is 5.83. The molecule has 0 fully saturated rings. The molecular formula is C20H24F3NO5S. The van der Waals surface area contributed by atoms with E-state index in [-0.39, 0.29) is 12.2 Å². The Bertz CT molecular complexity index is 977. The summed E-state index contributed by atoms with van der Waals surface area (Å²) in [4.78, 5) is 14.2. The summed E-state index contributed by atoms with van der Waals surface area (Å²) in [5, 5.41) is 0. The number of fused-ring (bicyclic) bond motifs is 1. The van der Waals surface area contributed by atoms with Gasteiger partial charge in [0.15, 0.2) is 0 Å². The quantitative estimate of drug-likeness (QED) is 0.474. The van der Waals surface area contributed by atoms with Crippen molar-refractivity contribution >= 4 is 27.5 Å². The lowest BCUT2D eigenvalue weighted by Crippen LogP contribution is -2.36. The van der Waals surface area contributed by atoms with Crippen LogP contribution in [0.3, 0.4) is 0 Å². The van der Waals surface area contributed by atoms with Crippen LogP contribution in [0, 0.1) is 0 Å². The molecular weight excluding hydrogens is 423 g/mol. The fraction of sp³-hybridized carbons (Fsp3) is 0.550. The van der Waals surface area contributed by atoms with E-state index in [2.05, 4.69) is 4.18 Å². The average Bonchev–Trinajstić information content (AvgIpc) is 3.04. The van der Waals surface area contributed by atoms with E-state index in [0.29, 0.717) is 49.1 Å². The number of nitrogens with zero attached hydrogens (tertiary/aromatic N) is 1. The molecule has 1 aromatic carbocycles. The molecule has 0 saturated carbocycles. The average molecular weight is 447 g/mol. The van der Waals surface area contributed by atoms with E-state index in [1.54, 1.807) is 32.9 Å². The number of halogens is 3. The van der Waals surface area contributed by atoms with Gasteiger partial charge in [0.05, 0.1) is 5.69 Å². The largest absolute Gasteiger partial charge is 0.534 e. The number of hydrogen-bond donors (Lipinski definition) is 0. The highest BCUT2D eigenvalue weighted by Crippen LogP contribution is 2.43. The third kappa shape index (κ3) is 4.58. The lowest BCUT2D eigenvalue weighted by molar-refractivity contribution is -0.0523. The highest BCUT2D eigenvalue weighted by atomic mass is 32.2. The van der Waals surface area contributed by atoms with Crippen LogP contribution in [0.25, 0.3) is 5.57 Å². The topological polar surface area (TPSA) is 72.9 Å². The zero-order valence-corrected chi connectivity index (χ0v) is 17.8. The van der Waals surface area contributed by atoms with Gasteiger partial charge in [-0.2, -0.15) is 21.6 Å². The van der Waals surface area contributed by atoms with Gasteiger partial charge >= 0.3 is 21.7 Å². The number of allylic oxidation sites excluding steroid dienone is 2. The van der Waals surface area contributed by atoms with Gasteiger partial charge in [0.25, 0.3) is 0 Å². The molecule has 10 heteroatoms. The zero-order valence-electron chi connectivity index (χ0n) is 17.0. The smallest absolute Gasteiger partial charge is 0.443 e. The van der Waals surface area contributed by atoms with Crippen molar-refractivity contribution in [2.24, 2.45) is 0 Å². The number of carbonyl (C=O) groups excluding carboxylic acids is 1. The van der Waals surface area contributed by atoms with Crippen LogP contribution >= 0.6 is 0 Å². The van der Waals surface area contributed by atoms with Crippen LogP contribution in [-0.4, -0.2) is 32.2 Å². The molecule has 0 bridgehead atoms. The van der Waals surface area contributed by atoms with Crippen LogP contribution < -0.4 is 4.90 Å². The van der Waals surface area contributed by atoms with Gasteiger partial charge in [0, 0.05) is 24.1 Å². The van der Waals surface area contributed by atoms with E-state index < -0.39 is 27.3 Å². The molecule has 0 spiro atoms. The van der Waals surface area contributed by atoms with Crippen molar-refractivity contribution in [1.82, 2.24) is 0 Å². The standard InChI is InChI=1S/C20H24F3NO5S/c1-19(2,3)28-18(25)24-12-11-13-7-6-9-15(17(13)24)14-8-4-5-10-16(14)29-30(26,27)20(21,22)23/h6-7,9H,4-5,8,10-12H2,1-3H3. The maximum absolute atomic E-state index is 12.9. The van der Waals surface area contributed by atoms with Gasteiger partial charge in [-0.15, -0.1) is 0 Å². The molecule has 1 aliphatic heterocycles. The maximum Gasteiger partial charge on any atom is 0.534 e. The van der Waals surface area contributed by atoms with Gasteiger partial charge in [-0.05, 0) is 52.0 Å². The van der Waals surface area contributed by atoms with E-state index in [4.69, 9.17) is 4.74 Å². The highest BCUT2D eigenvalue weighted by molar-refractivity contribution is 7.87. The Morgan fingerprint density at radius 1 is 1.07 bits per heavy atom. The Morgan fingerprint density at radius 3 is 2.37 bits per heavy atom. The monoisotopic (exact) mass is 447 g/mol. The minimum Gasteiger partial charge on any atom is -0.443 e. The van der Waals surface area contributed by atoms with Crippen molar-refractivity contribution in [3.05, 3.63) is 35.1 Å². The SMILES string of the molecule is CC(C)(C)OC(=O)N1CCc2cccc(C3=C(OS(=O)(=O)C(F)(F)F)CCCC3)c21. The van der Waals surface area contributed by atoms with Gasteiger partial charge in [-0.25, -0.2) is 4.79 Å². The number of amides is 1. The van der Waals surface area contributed by atoms with E-state index in [0.717, 1.165) is 5.56 Å². The van der Waals surface area contributed by atoms with Crippen LogP contribution in [0.2, 0.25) is 0 Å². The molecule has 166 valence electrons. The van der Waals surface area contributed by atoms with Crippen molar-refractivity contribution in [3.8, 4) is 0 Å². The predicted octanol–water partition coefficient (Wildman–Crippen LogP) is 5.14. The summed E-state index contributed by atoms with van der Waals surface area (Å²) in [6.07, 6.45) is 1.60. The second-order valence-electron chi connectivity index (χ2n) is 8.29. The number of ether oxygens (including phenoxy) is 1. The van der Waals surface area contributed by atoms with E-state index in [1.165, 1.54) is 4.90 Å². The fourth-order valence-electron chi connectivity index (χ4n) is 3.63. The molecule has 0 radical (unpaired) electrons. The lowest BCUT2D eigenvalue weighted by atomic mass is 9.90. The Morgan fingerprint density at radius 2 is 1.73 bits per heavy atom. The highest BCUT2D eigenvalue weighted by Gasteiger charge is 2.49. The first-order valence-electron chi connectivity index (χ1n) is 9.66. The van der Waals surface area contributed by atoms with Crippen molar-refractivity contribution in [1.29, 1.82) is 0 Å². The number of benzene rings is 1. The second-order valence-corrected chi connectivity index (χ2v) is 9.83. The molecule has 0 N–H and O–H groups in total. The zero-order chi connectivity index (χ0) is 22.3. The molecule has 1 aliphatic carbocycles. The van der Waals surface area contributed by atoms with Crippen LogP contribution in [0.15, 0.2) is 24.0 Å². The van der Waals surface area contributed by atoms with E-state index in [9.17, 15) is 26.4 Å². The maximum atomic E-state index is 12.9. The molecule has 0 aromatic heterocycles. The van der Waals surface area contributed by atoms with Crippen molar-refractivity contribution < 1.29 is 35.3 Å². The number of carbonyl (C=O) groups is 1. The summed E-state index contributed by atoms with van der Waals surface area (Å²) in [6, 6.07) is 5.25. The first-order valence-corrected chi connectivity index (χ1v) is 11.1. The minimum absolute atomic E-state index is 0.0702. The van der Waals surface area contributed by atoms with Crippen LogP contribution in [0.1, 0.15) is 57.6 Å². The molecule has 6 nitrogen and oxygen atoms in total. The predicted molar refractivity (Wildman–Crippen MR) is 105 cm³/mol. The number of hydrogen-bond acceptors (Lipinski definition) is 5. The summed E-state index contributed by atoms with van der Waals surface area (Å²) in [7, 11) is -5.77. The Labute approximate surface area is 173 Å². The van der Waals surface area contributed by atoms with E-state index >= 15 is 0 Å². The van der Waals surface area contributed by atoms with E-state index in [1.807, 2.05) is 6.07 Å². The van der Waals surface area contributed by atoms with Crippen molar-refractivity contribution in [2.75, 3.05) is 11.4 Å². The summed E-state index contributed by atoms with van der Waals surface area (Å²) < 4.78 is 71.8. The van der Waals surface area contributed by atoms with Crippen LogP contribution in [-0.2, 0) is 25.5 Å². The lowest BCUT2D eigenvalue weighted by Gasteiger charge is -2.28. The molecule has 1 amide bonds. The normalized spacial score (nSPS) is 17.7. The summed E-state index contributed by atoms with van der Waals surface area (Å²) in [5.74, 6) is -0.219. The number of anilines is 1. The summed E-state index contributed by atoms with van der Waals surface area (Å²) >= 11 is 0. The molecule has 2 aliphatic rings. The minimum atomic E-state index is -5.77. The van der Waals surface area contributed by atoms with Gasteiger partial charge < -0.3 is 8.92 Å². The second kappa shape index (κ2) is 7.79. The number of alkyl halides is 3. The number of rotatable bonds is 3. The summed E-state index contributed by atoms with van der Waals surface area (Å²) in [6.45, 7) is 5.59. The van der Waals surface area contributed by atoms with Gasteiger partial charge in [0.1, 0.15) is 11.4 Å². The Balaban J connectivity index is 2.06. The van der Waals surface area contributed by atoms with Crippen molar-refractivity contribution in [2.45, 2.75) is 64.0 Å².